The van der Waals surface area contributed by atoms with Crippen molar-refractivity contribution in [2.24, 2.45) is 0 Å². The monoisotopic (exact) mass is 470 g/mol. The molecule has 0 unspecified atom stereocenters. The van der Waals surface area contributed by atoms with Crippen molar-refractivity contribution in [1.29, 1.82) is 0 Å². The van der Waals surface area contributed by atoms with E-state index in [9.17, 15) is 4.79 Å². The maximum atomic E-state index is 13.3. The van der Waals surface area contributed by atoms with E-state index in [1.807, 2.05) is 80.5 Å². The third-order valence-corrected chi connectivity index (χ3v) is 6.58. The molecular weight excluding hydrogens is 440 g/mol. The first-order valence-electron chi connectivity index (χ1n) is 11.8. The molecular formula is C29H30N2O4. The normalized spacial score (nSPS) is 15.9. The molecule has 0 N–H and O–H groups in total. The molecule has 0 spiro atoms. The predicted octanol–water partition coefficient (Wildman–Crippen LogP) is 5.08. The Morgan fingerprint density at radius 1 is 1.11 bits per heavy atom. The van der Waals surface area contributed by atoms with Gasteiger partial charge in [-0.15, -0.1) is 0 Å². The number of hydrogen-bond donors (Lipinski definition) is 0. The van der Waals surface area contributed by atoms with Gasteiger partial charge in [-0.2, -0.15) is 0 Å². The first-order chi connectivity index (χ1) is 16.9. The van der Waals surface area contributed by atoms with Gasteiger partial charge in [0, 0.05) is 32.9 Å². The van der Waals surface area contributed by atoms with E-state index in [0.717, 1.165) is 52.4 Å². The van der Waals surface area contributed by atoms with Crippen LogP contribution in [0.5, 0.6) is 17.2 Å². The number of anilines is 1. The van der Waals surface area contributed by atoms with Crippen molar-refractivity contribution in [3.05, 3.63) is 88.2 Å². The average Bonchev–Trinajstić information content (AvgIpc) is 3.20. The number of carbonyl (C=O) groups excluding carboxylic acids is 1. The van der Waals surface area contributed by atoms with Crippen LogP contribution in [0.15, 0.2) is 60.4 Å². The third-order valence-electron chi connectivity index (χ3n) is 6.58. The van der Waals surface area contributed by atoms with E-state index in [4.69, 9.17) is 14.2 Å². The first kappa shape index (κ1) is 23.0. The number of rotatable bonds is 6. The van der Waals surface area contributed by atoms with E-state index >= 15 is 0 Å². The number of hydrogen-bond acceptors (Lipinski definition) is 6. The van der Waals surface area contributed by atoms with Crippen molar-refractivity contribution in [1.82, 2.24) is 4.90 Å². The second kappa shape index (κ2) is 9.47. The van der Waals surface area contributed by atoms with Crippen LogP contribution in [0.1, 0.15) is 32.6 Å². The lowest BCUT2D eigenvalue weighted by Gasteiger charge is -2.30. The summed E-state index contributed by atoms with van der Waals surface area (Å²) in [6.45, 7) is 3.89. The number of carbonyl (C=O) groups is 1. The predicted molar refractivity (Wildman–Crippen MR) is 137 cm³/mol. The van der Waals surface area contributed by atoms with Crippen LogP contribution in [0.2, 0.25) is 0 Å². The van der Waals surface area contributed by atoms with Gasteiger partial charge in [0.1, 0.15) is 24.0 Å². The SMILES string of the molecule is COc1ccccc1CCN1COc2cc(C)c3c(c2C1)O/C(=C\c1ccc(N(C)C)cc1)C3=O. The van der Waals surface area contributed by atoms with E-state index in [1.54, 1.807) is 7.11 Å². The van der Waals surface area contributed by atoms with Crippen LogP contribution in [-0.2, 0) is 13.0 Å². The number of allylic oxidation sites excluding steroid dienone is 1. The van der Waals surface area contributed by atoms with Gasteiger partial charge in [-0.05, 0) is 60.4 Å². The topological polar surface area (TPSA) is 51.2 Å². The standard InChI is InChI=1S/C29H30N2O4/c1-19-15-25-23(17-31(18-34-25)14-13-21-7-5-6-8-24(21)33-4)29-27(19)28(32)26(35-29)16-20-9-11-22(12-10-20)30(2)3/h5-12,15-16H,13-14,17-18H2,1-4H3/b26-16-. The Labute approximate surface area is 206 Å². The van der Waals surface area contributed by atoms with Crippen LogP contribution in [0, 0.1) is 6.92 Å². The Hall–Kier alpha value is -3.77. The van der Waals surface area contributed by atoms with E-state index < -0.39 is 0 Å². The Kier molecular flexibility index (Phi) is 6.22. The Balaban J connectivity index is 1.38. The maximum Gasteiger partial charge on any atom is 0.232 e. The van der Waals surface area contributed by atoms with E-state index in [2.05, 4.69) is 11.0 Å². The lowest BCUT2D eigenvalue weighted by molar-refractivity contribution is 0.0947. The molecule has 0 radical (unpaired) electrons. The fourth-order valence-corrected chi connectivity index (χ4v) is 4.63. The Morgan fingerprint density at radius 3 is 2.63 bits per heavy atom. The molecule has 6 nitrogen and oxygen atoms in total. The molecule has 0 atom stereocenters. The highest BCUT2D eigenvalue weighted by molar-refractivity contribution is 6.15. The third kappa shape index (κ3) is 4.49. The second-order valence-electron chi connectivity index (χ2n) is 9.19. The number of fused-ring (bicyclic) bond motifs is 3. The minimum Gasteiger partial charge on any atom is -0.496 e. The van der Waals surface area contributed by atoms with Crippen LogP contribution in [0.4, 0.5) is 5.69 Å². The molecule has 2 aliphatic heterocycles. The van der Waals surface area contributed by atoms with Crippen LogP contribution in [0.3, 0.4) is 0 Å². The summed E-state index contributed by atoms with van der Waals surface area (Å²) in [7, 11) is 5.70. The summed E-state index contributed by atoms with van der Waals surface area (Å²) in [5.41, 5.74) is 5.62. The smallest absolute Gasteiger partial charge is 0.232 e. The summed E-state index contributed by atoms with van der Waals surface area (Å²) in [4.78, 5) is 17.5. The largest absolute Gasteiger partial charge is 0.496 e. The first-order valence-corrected chi connectivity index (χ1v) is 11.8. The molecule has 2 heterocycles. The van der Waals surface area contributed by atoms with Crippen molar-refractivity contribution in [2.45, 2.75) is 19.9 Å². The number of ether oxygens (including phenoxy) is 3. The quantitative estimate of drug-likeness (QED) is 0.469. The number of Topliss-reactive ketones (excluding diaryl/α,β-unsaturated/α-hetero) is 1. The van der Waals surface area contributed by atoms with Gasteiger partial charge in [-0.3, -0.25) is 9.69 Å². The highest BCUT2D eigenvalue weighted by Crippen LogP contribution is 2.44. The summed E-state index contributed by atoms with van der Waals surface area (Å²) >= 11 is 0. The lowest BCUT2D eigenvalue weighted by atomic mass is 9.98. The molecule has 0 aromatic heterocycles. The van der Waals surface area contributed by atoms with Gasteiger partial charge in [0.2, 0.25) is 5.78 Å². The molecule has 3 aromatic carbocycles. The van der Waals surface area contributed by atoms with Gasteiger partial charge in [0.15, 0.2) is 5.76 Å². The highest BCUT2D eigenvalue weighted by Gasteiger charge is 2.35. The van der Waals surface area contributed by atoms with Crippen LogP contribution in [0.25, 0.3) is 6.08 Å². The van der Waals surface area contributed by atoms with Gasteiger partial charge in [-0.25, -0.2) is 0 Å². The van der Waals surface area contributed by atoms with Gasteiger partial charge >= 0.3 is 0 Å². The van der Waals surface area contributed by atoms with Gasteiger partial charge in [0.05, 0.1) is 18.2 Å². The minimum absolute atomic E-state index is 0.0804. The number of methoxy groups -OCH3 is 1. The fraction of sp³-hybridized carbons (Fsp3) is 0.276. The zero-order chi connectivity index (χ0) is 24.5. The van der Waals surface area contributed by atoms with Crippen molar-refractivity contribution in [3.63, 3.8) is 0 Å². The fourth-order valence-electron chi connectivity index (χ4n) is 4.63. The molecule has 5 rings (SSSR count). The molecule has 0 amide bonds. The maximum absolute atomic E-state index is 13.3. The van der Waals surface area contributed by atoms with Crippen molar-refractivity contribution in [3.8, 4) is 17.2 Å². The van der Waals surface area contributed by atoms with Crippen LogP contribution >= 0.6 is 0 Å². The minimum atomic E-state index is -0.0804. The Morgan fingerprint density at radius 2 is 1.89 bits per heavy atom. The zero-order valence-corrected chi connectivity index (χ0v) is 20.6. The van der Waals surface area contributed by atoms with Gasteiger partial charge in [0.25, 0.3) is 0 Å². The molecule has 2 aliphatic rings. The summed E-state index contributed by atoms with van der Waals surface area (Å²) in [6.07, 6.45) is 2.65. The number of para-hydroxylation sites is 1. The lowest BCUT2D eigenvalue weighted by Crippen LogP contribution is -2.34. The molecule has 3 aromatic rings. The molecule has 180 valence electrons. The summed E-state index contributed by atoms with van der Waals surface area (Å²) < 4.78 is 17.8. The Bertz CT molecular complexity index is 1290. The van der Waals surface area contributed by atoms with E-state index in [0.29, 0.717) is 30.3 Å². The van der Waals surface area contributed by atoms with Crippen LogP contribution in [-0.4, -0.2) is 45.2 Å². The molecule has 0 saturated heterocycles. The molecule has 0 fully saturated rings. The zero-order valence-electron chi connectivity index (χ0n) is 20.6. The summed E-state index contributed by atoms with van der Waals surface area (Å²) in [5.74, 6) is 2.58. The number of ketones is 1. The van der Waals surface area contributed by atoms with Gasteiger partial charge in [-0.1, -0.05) is 30.3 Å². The second-order valence-corrected chi connectivity index (χ2v) is 9.19. The highest BCUT2D eigenvalue weighted by atomic mass is 16.5. The number of benzene rings is 3. The van der Waals surface area contributed by atoms with Crippen LogP contribution < -0.4 is 19.1 Å². The van der Waals surface area contributed by atoms with Crippen molar-refractivity contribution >= 4 is 17.5 Å². The molecule has 35 heavy (non-hydrogen) atoms. The summed E-state index contributed by atoms with van der Waals surface area (Å²) in [5, 5.41) is 0. The molecule has 0 saturated carbocycles. The van der Waals surface area contributed by atoms with E-state index in [-0.39, 0.29) is 5.78 Å². The average molecular weight is 471 g/mol. The summed E-state index contributed by atoms with van der Waals surface area (Å²) in [6, 6.07) is 18.1. The number of aryl methyl sites for hydroxylation is 1. The molecule has 6 heteroatoms. The van der Waals surface area contributed by atoms with Crippen molar-refractivity contribution < 1.29 is 19.0 Å². The van der Waals surface area contributed by atoms with E-state index in [1.165, 1.54) is 0 Å². The van der Waals surface area contributed by atoms with Crippen molar-refractivity contribution in [2.75, 3.05) is 39.4 Å². The molecule has 0 bridgehead atoms. The van der Waals surface area contributed by atoms with Gasteiger partial charge < -0.3 is 19.1 Å². The molecule has 0 aliphatic carbocycles. The number of nitrogens with zero attached hydrogens (tertiary/aromatic N) is 2.